The van der Waals surface area contributed by atoms with Crippen LogP contribution in [0.1, 0.15) is 33.1 Å². The Morgan fingerprint density at radius 3 is 2.64 bits per heavy atom. The Balaban J connectivity index is 1.86. The lowest BCUT2D eigenvalue weighted by atomic mass is 9.95. The smallest absolute Gasteiger partial charge is 0.326 e. The topological polar surface area (TPSA) is 114 Å². The summed E-state index contributed by atoms with van der Waals surface area (Å²) in [6, 6.07) is 6.15. The second-order valence-corrected chi connectivity index (χ2v) is 6.67. The van der Waals surface area contributed by atoms with E-state index in [1.807, 2.05) is 6.92 Å². The van der Waals surface area contributed by atoms with Crippen LogP contribution in [0.15, 0.2) is 24.3 Å². The van der Waals surface area contributed by atoms with E-state index >= 15 is 0 Å². The van der Waals surface area contributed by atoms with E-state index in [0.717, 1.165) is 17.7 Å². The lowest BCUT2D eigenvalue weighted by molar-refractivity contribution is -0.150. The molecule has 0 radical (unpaired) electrons. The Bertz CT molecular complexity index is 766. The molecule has 2 N–H and O–H groups in total. The Morgan fingerprint density at radius 1 is 1.25 bits per heavy atom. The van der Waals surface area contributed by atoms with Crippen molar-refractivity contribution in [1.82, 2.24) is 10.2 Å². The standard InChI is InChI=1S/C19H25N3O6/c1-4-5-10-19(2)17(25)22(18(26)21-19)11-16(24)28-12-15(23)20-13-8-6-7-9-14(13)27-3/h6-9H,4-5,10-12H2,1-3H3,(H,20,23)(H,21,26)/t19-/m0/s1. The second-order valence-electron chi connectivity index (χ2n) is 6.67. The number of nitrogens with one attached hydrogen (secondary N) is 2. The number of ether oxygens (including phenoxy) is 2. The zero-order chi connectivity index (χ0) is 20.7. The van der Waals surface area contributed by atoms with Gasteiger partial charge < -0.3 is 20.1 Å². The summed E-state index contributed by atoms with van der Waals surface area (Å²) in [7, 11) is 1.47. The van der Waals surface area contributed by atoms with Gasteiger partial charge >= 0.3 is 12.0 Å². The molecule has 152 valence electrons. The van der Waals surface area contributed by atoms with E-state index in [4.69, 9.17) is 9.47 Å². The van der Waals surface area contributed by atoms with Crippen molar-refractivity contribution in [2.75, 3.05) is 25.6 Å². The van der Waals surface area contributed by atoms with Gasteiger partial charge in [-0.05, 0) is 25.5 Å². The monoisotopic (exact) mass is 391 g/mol. The maximum atomic E-state index is 12.5. The van der Waals surface area contributed by atoms with Gasteiger partial charge in [0.25, 0.3) is 11.8 Å². The Labute approximate surface area is 163 Å². The fraction of sp³-hybridized carbons (Fsp3) is 0.474. The number of nitrogens with zero attached hydrogens (tertiary/aromatic N) is 1. The van der Waals surface area contributed by atoms with Gasteiger partial charge in [-0.25, -0.2) is 4.79 Å². The average Bonchev–Trinajstić information content (AvgIpc) is 2.88. The van der Waals surface area contributed by atoms with Crippen molar-refractivity contribution in [2.24, 2.45) is 0 Å². The molecule has 0 spiro atoms. The fourth-order valence-corrected chi connectivity index (χ4v) is 2.85. The summed E-state index contributed by atoms with van der Waals surface area (Å²) in [4.78, 5) is 49.3. The van der Waals surface area contributed by atoms with E-state index in [1.165, 1.54) is 7.11 Å². The van der Waals surface area contributed by atoms with Gasteiger partial charge in [0.2, 0.25) is 0 Å². The Kier molecular flexibility index (Phi) is 6.97. The van der Waals surface area contributed by atoms with E-state index in [9.17, 15) is 19.2 Å². The van der Waals surface area contributed by atoms with Crippen LogP contribution in [-0.4, -0.2) is 54.5 Å². The summed E-state index contributed by atoms with van der Waals surface area (Å²) in [6.45, 7) is 2.52. The lowest BCUT2D eigenvalue weighted by Crippen LogP contribution is -2.44. The number of amides is 4. The van der Waals surface area contributed by atoms with Gasteiger partial charge in [0.15, 0.2) is 6.61 Å². The highest BCUT2D eigenvalue weighted by atomic mass is 16.5. The summed E-state index contributed by atoms with van der Waals surface area (Å²) >= 11 is 0. The summed E-state index contributed by atoms with van der Waals surface area (Å²) in [5, 5.41) is 5.18. The molecule has 1 heterocycles. The van der Waals surface area contributed by atoms with Crippen molar-refractivity contribution in [3.05, 3.63) is 24.3 Å². The van der Waals surface area contributed by atoms with Crippen molar-refractivity contribution in [3.8, 4) is 5.75 Å². The lowest BCUT2D eigenvalue weighted by Gasteiger charge is -2.21. The third-order valence-corrected chi connectivity index (χ3v) is 4.41. The molecule has 0 saturated carbocycles. The number of esters is 1. The Morgan fingerprint density at radius 2 is 1.96 bits per heavy atom. The molecule has 0 aromatic heterocycles. The molecule has 1 atom stereocenters. The molecule has 1 fully saturated rings. The first-order valence-corrected chi connectivity index (χ1v) is 9.03. The van der Waals surface area contributed by atoms with Crippen LogP contribution in [0.3, 0.4) is 0 Å². The van der Waals surface area contributed by atoms with Crippen molar-refractivity contribution in [2.45, 2.75) is 38.6 Å². The largest absolute Gasteiger partial charge is 0.495 e. The minimum atomic E-state index is -1.02. The molecule has 0 unspecified atom stereocenters. The normalized spacial score (nSPS) is 18.6. The highest BCUT2D eigenvalue weighted by molar-refractivity contribution is 6.08. The number of anilines is 1. The van der Waals surface area contributed by atoms with Crippen LogP contribution in [0.2, 0.25) is 0 Å². The summed E-state index contributed by atoms with van der Waals surface area (Å²) < 4.78 is 10.0. The molecule has 1 aliphatic rings. The van der Waals surface area contributed by atoms with Crippen LogP contribution in [0.25, 0.3) is 0 Å². The van der Waals surface area contributed by atoms with E-state index in [2.05, 4.69) is 10.6 Å². The maximum Gasteiger partial charge on any atom is 0.326 e. The third-order valence-electron chi connectivity index (χ3n) is 4.41. The highest BCUT2D eigenvalue weighted by Crippen LogP contribution is 2.24. The minimum Gasteiger partial charge on any atom is -0.495 e. The van der Waals surface area contributed by atoms with Crippen LogP contribution >= 0.6 is 0 Å². The first-order valence-electron chi connectivity index (χ1n) is 9.03. The molecule has 28 heavy (non-hydrogen) atoms. The fourth-order valence-electron chi connectivity index (χ4n) is 2.85. The van der Waals surface area contributed by atoms with Crippen LogP contribution in [0, 0.1) is 0 Å². The number of unbranched alkanes of at least 4 members (excludes halogenated alkanes) is 1. The molecule has 0 aliphatic carbocycles. The van der Waals surface area contributed by atoms with Crippen molar-refractivity contribution < 1.29 is 28.7 Å². The average molecular weight is 391 g/mol. The highest BCUT2D eigenvalue weighted by Gasteiger charge is 2.47. The number of imide groups is 1. The van der Waals surface area contributed by atoms with E-state index in [1.54, 1.807) is 31.2 Å². The predicted octanol–water partition coefficient (Wildman–Crippen LogP) is 1.68. The molecular formula is C19H25N3O6. The number of rotatable bonds is 9. The number of benzene rings is 1. The first-order chi connectivity index (χ1) is 13.3. The van der Waals surface area contributed by atoms with Gasteiger partial charge in [-0.1, -0.05) is 31.9 Å². The molecular weight excluding hydrogens is 366 g/mol. The molecule has 1 aromatic rings. The number of para-hydroxylation sites is 2. The van der Waals surface area contributed by atoms with E-state index in [-0.39, 0.29) is 0 Å². The molecule has 9 heteroatoms. The number of hydrogen-bond acceptors (Lipinski definition) is 6. The van der Waals surface area contributed by atoms with Crippen LogP contribution in [-0.2, 0) is 19.1 Å². The number of methoxy groups -OCH3 is 1. The van der Waals surface area contributed by atoms with E-state index in [0.29, 0.717) is 17.9 Å². The molecule has 1 aliphatic heterocycles. The molecule has 4 amide bonds. The van der Waals surface area contributed by atoms with Crippen molar-refractivity contribution >= 4 is 29.5 Å². The van der Waals surface area contributed by atoms with Gasteiger partial charge in [-0.3, -0.25) is 19.3 Å². The molecule has 2 rings (SSSR count). The SMILES string of the molecule is CCCC[C@]1(C)NC(=O)N(CC(=O)OCC(=O)Nc2ccccc2OC)C1=O. The first kappa shape index (κ1) is 21.2. The number of carbonyl (C=O) groups is 4. The predicted molar refractivity (Wildman–Crippen MR) is 101 cm³/mol. The van der Waals surface area contributed by atoms with Crippen LogP contribution in [0.4, 0.5) is 10.5 Å². The van der Waals surface area contributed by atoms with E-state index < -0.39 is 42.5 Å². The summed E-state index contributed by atoms with van der Waals surface area (Å²) in [6.07, 6.45) is 2.13. The van der Waals surface area contributed by atoms with Gasteiger partial charge in [0, 0.05) is 0 Å². The van der Waals surface area contributed by atoms with Crippen molar-refractivity contribution in [1.29, 1.82) is 0 Å². The second kappa shape index (κ2) is 9.20. The Hall–Kier alpha value is -3.10. The van der Waals surface area contributed by atoms with Crippen LogP contribution in [0.5, 0.6) is 5.75 Å². The third kappa shape index (κ3) is 4.99. The van der Waals surface area contributed by atoms with Gasteiger partial charge in [0.1, 0.15) is 17.8 Å². The van der Waals surface area contributed by atoms with Crippen molar-refractivity contribution in [3.63, 3.8) is 0 Å². The molecule has 9 nitrogen and oxygen atoms in total. The summed E-state index contributed by atoms with van der Waals surface area (Å²) in [5.74, 6) is -1.42. The maximum absolute atomic E-state index is 12.5. The zero-order valence-corrected chi connectivity index (χ0v) is 16.2. The number of hydrogen-bond donors (Lipinski definition) is 2. The molecule has 1 saturated heterocycles. The minimum absolute atomic E-state index is 0.437. The number of carbonyl (C=O) groups excluding carboxylic acids is 4. The summed E-state index contributed by atoms with van der Waals surface area (Å²) in [5.41, 5.74) is -0.582. The van der Waals surface area contributed by atoms with Crippen LogP contribution < -0.4 is 15.4 Å². The zero-order valence-electron chi connectivity index (χ0n) is 16.2. The molecule has 0 bridgehead atoms. The number of urea groups is 1. The van der Waals surface area contributed by atoms with Gasteiger partial charge in [-0.2, -0.15) is 0 Å². The molecule has 1 aromatic carbocycles. The van der Waals surface area contributed by atoms with Gasteiger partial charge in [0.05, 0.1) is 12.8 Å². The van der Waals surface area contributed by atoms with Gasteiger partial charge in [-0.15, -0.1) is 0 Å². The quantitative estimate of drug-likeness (QED) is 0.489.